The molecular weight excluding hydrogens is 349 g/mol. The first-order valence-electron chi connectivity index (χ1n) is 7.71. The Labute approximate surface area is 150 Å². The van der Waals surface area contributed by atoms with Gasteiger partial charge in [0.15, 0.2) is 11.5 Å². The Bertz CT molecular complexity index is 736. The number of rotatable bonds is 5. The summed E-state index contributed by atoms with van der Waals surface area (Å²) >= 11 is 12.0. The smallest absolute Gasteiger partial charge is 0.220 e. The highest BCUT2D eigenvalue weighted by atomic mass is 35.5. The van der Waals surface area contributed by atoms with Crippen molar-refractivity contribution in [2.45, 2.75) is 18.9 Å². The number of carbonyl (C=O) groups excluding carboxylic acids is 1. The summed E-state index contributed by atoms with van der Waals surface area (Å²) < 4.78 is 11.4. The molecule has 4 nitrogen and oxygen atoms in total. The molecule has 0 unspecified atom stereocenters. The molecule has 0 spiro atoms. The van der Waals surface area contributed by atoms with Gasteiger partial charge in [0.2, 0.25) is 5.91 Å². The summed E-state index contributed by atoms with van der Waals surface area (Å²) in [4.78, 5) is 12.0. The second kappa shape index (κ2) is 7.77. The van der Waals surface area contributed by atoms with Gasteiger partial charge in [-0.3, -0.25) is 4.79 Å². The lowest BCUT2D eigenvalue weighted by Gasteiger charge is -2.26. The van der Waals surface area contributed by atoms with Gasteiger partial charge in [0.25, 0.3) is 0 Å². The van der Waals surface area contributed by atoms with Crippen LogP contribution in [0.4, 0.5) is 0 Å². The minimum Gasteiger partial charge on any atom is -0.486 e. The molecule has 0 radical (unpaired) electrons. The number of aryl methyl sites for hydroxylation is 1. The van der Waals surface area contributed by atoms with Crippen LogP contribution in [-0.4, -0.2) is 25.2 Å². The Morgan fingerprint density at radius 1 is 1.17 bits per heavy atom. The average Bonchev–Trinajstić information content (AvgIpc) is 2.59. The lowest BCUT2D eigenvalue weighted by atomic mass is 10.1. The van der Waals surface area contributed by atoms with Crippen molar-refractivity contribution in [3.05, 3.63) is 58.1 Å². The van der Waals surface area contributed by atoms with E-state index in [1.165, 1.54) is 0 Å². The number of amides is 1. The second-order valence-corrected chi connectivity index (χ2v) is 6.38. The molecule has 1 amide bonds. The van der Waals surface area contributed by atoms with Gasteiger partial charge in [-0.2, -0.15) is 0 Å². The van der Waals surface area contributed by atoms with Crippen molar-refractivity contribution in [1.82, 2.24) is 5.32 Å². The van der Waals surface area contributed by atoms with Crippen LogP contribution >= 0.6 is 23.2 Å². The number of benzene rings is 2. The van der Waals surface area contributed by atoms with Gasteiger partial charge >= 0.3 is 0 Å². The van der Waals surface area contributed by atoms with E-state index in [-0.39, 0.29) is 12.0 Å². The van der Waals surface area contributed by atoms with E-state index in [9.17, 15) is 4.79 Å². The van der Waals surface area contributed by atoms with Crippen molar-refractivity contribution in [3.63, 3.8) is 0 Å². The fraction of sp³-hybridized carbons (Fsp3) is 0.278. The highest BCUT2D eigenvalue weighted by molar-refractivity contribution is 6.35. The Balaban J connectivity index is 1.45. The van der Waals surface area contributed by atoms with Crippen LogP contribution in [-0.2, 0) is 11.2 Å². The van der Waals surface area contributed by atoms with E-state index >= 15 is 0 Å². The monoisotopic (exact) mass is 365 g/mol. The molecule has 1 heterocycles. The van der Waals surface area contributed by atoms with Crippen molar-refractivity contribution in [3.8, 4) is 11.5 Å². The number of fused-ring (bicyclic) bond motifs is 1. The average molecular weight is 366 g/mol. The number of carbonyl (C=O) groups is 1. The molecule has 0 bridgehead atoms. The van der Waals surface area contributed by atoms with Crippen LogP contribution in [0.25, 0.3) is 0 Å². The van der Waals surface area contributed by atoms with Crippen LogP contribution in [0.15, 0.2) is 42.5 Å². The van der Waals surface area contributed by atoms with Crippen LogP contribution in [0.2, 0.25) is 10.0 Å². The van der Waals surface area contributed by atoms with E-state index in [0.717, 1.165) is 11.3 Å². The largest absolute Gasteiger partial charge is 0.486 e. The number of ether oxygens (including phenoxy) is 2. The van der Waals surface area contributed by atoms with Crippen LogP contribution in [0, 0.1) is 0 Å². The number of halogens is 2. The lowest BCUT2D eigenvalue weighted by Crippen LogP contribution is -2.40. The summed E-state index contributed by atoms with van der Waals surface area (Å²) in [5, 5.41) is 4.04. The van der Waals surface area contributed by atoms with Crippen molar-refractivity contribution < 1.29 is 14.3 Å². The summed E-state index contributed by atoms with van der Waals surface area (Å²) in [5.74, 6) is 1.39. The zero-order valence-corrected chi connectivity index (χ0v) is 14.4. The molecule has 2 aromatic carbocycles. The van der Waals surface area contributed by atoms with Gasteiger partial charge in [0.1, 0.15) is 12.7 Å². The van der Waals surface area contributed by atoms with Crippen LogP contribution in [0.1, 0.15) is 12.0 Å². The standard InChI is InChI=1S/C18H17Cl2NO3/c19-13-7-5-12(15(20)9-13)6-8-18(22)21-10-14-11-23-16-3-1-2-4-17(16)24-14/h1-5,7,9,14H,6,8,10-11H2,(H,21,22)/t14-/m0/s1. The van der Waals surface area contributed by atoms with Crippen molar-refractivity contribution in [2.24, 2.45) is 0 Å². The third-order valence-electron chi connectivity index (χ3n) is 3.73. The van der Waals surface area contributed by atoms with Gasteiger partial charge in [-0.1, -0.05) is 41.4 Å². The van der Waals surface area contributed by atoms with Crippen molar-refractivity contribution >= 4 is 29.1 Å². The van der Waals surface area contributed by atoms with Gasteiger partial charge in [-0.15, -0.1) is 0 Å². The molecule has 24 heavy (non-hydrogen) atoms. The maximum Gasteiger partial charge on any atom is 0.220 e. The Kier molecular flexibility index (Phi) is 5.48. The van der Waals surface area contributed by atoms with Gasteiger partial charge in [0.05, 0.1) is 6.54 Å². The molecule has 1 atom stereocenters. The Morgan fingerprint density at radius 2 is 1.96 bits per heavy atom. The van der Waals surface area contributed by atoms with Crippen molar-refractivity contribution in [2.75, 3.05) is 13.2 Å². The molecule has 0 fully saturated rings. The van der Waals surface area contributed by atoms with Crippen molar-refractivity contribution in [1.29, 1.82) is 0 Å². The van der Waals surface area contributed by atoms with Crippen LogP contribution in [0.3, 0.4) is 0 Å². The highest BCUT2D eigenvalue weighted by Crippen LogP contribution is 2.30. The molecule has 126 valence electrons. The van der Waals surface area contributed by atoms with Gasteiger partial charge < -0.3 is 14.8 Å². The second-order valence-electron chi connectivity index (χ2n) is 5.54. The van der Waals surface area contributed by atoms with E-state index in [0.29, 0.717) is 41.8 Å². The fourth-order valence-electron chi connectivity index (χ4n) is 2.45. The van der Waals surface area contributed by atoms with E-state index in [1.807, 2.05) is 30.3 Å². The summed E-state index contributed by atoms with van der Waals surface area (Å²) in [6.45, 7) is 0.821. The first-order valence-corrected chi connectivity index (χ1v) is 8.46. The number of hydrogen-bond acceptors (Lipinski definition) is 3. The predicted molar refractivity (Wildman–Crippen MR) is 94.1 cm³/mol. The summed E-state index contributed by atoms with van der Waals surface area (Å²) in [7, 11) is 0. The summed E-state index contributed by atoms with van der Waals surface area (Å²) in [6, 6.07) is 12.8. The van der Waals surface area contributed by atoms with Gasteiger partial charge in [0, 0.05) is 16.5 Å². The SMILES string of the molecule is O=C(CCc1ccc(Cl)cc1Cl)NC[C@H]1COc2ccccc2O1. The molecule has 0 saturated heterocycles. The third-order valence-corrected chi connectivity index (χ3v) is 4.32. The molecular formula is C18H17Cl2NO3. The quantitative estimate of drug-likeness (QED) is 0.874. The van der Waals surface area contributed by atoms with E-state index in [2.05, 4.69) is 5.32 Å². The molecule has 0 aromatic heterocycles. The molecule has 0 saturated carbocycles. The Hall–Kier alpha value is -1.91. The van der Waals surface area contributed by atoms with Crippen LogP contribution < -0.4 is 14.8 Å². The zero-order chi connectivity index (χ0) is 16.9. The van der Waals surface area contributed by atoms with Gasteiger partial charge in [-0.05, 0) is 36.2 Å². The predicted octanol–water partition coefficient (Wildman–Crippen LogP) is 3.88. The maximum atomic E-state index is 12.0. The first-order chi connectivity index (χ1) is 11.6. The van der Waals surface area contributed by atoms with E-state index < -0.39 is 0 Å². The lowest BCUT2D eigenvalue weighted by molar-refractivity contribution is -0.121. The van der Waals surface area contributed by atoms with E-state index in [4.69, 9.17) is 32.7 Å². The minimum absolute atomic E-state index is 0.0523. The number of para-hydroxylation sites is 2. The normalized spacial score (nSPS) is 15.8. The van der Waals surface area contributed by atoms with Crippen LogP contribution in [0.5, 0.6) is 11.5 Å². The molecule has 1 N–H and O–H groups in total. The van der Waals surface area contributed by atoms with E-state index in [1.54, 1.807) is 12.1 Å². The minimum atomic E-state index is -0.192. The highest BCUT2D eigenvalue weighted by Gasteiger charge is 2.20. The molecule has 3 rings (SSSR count). The number of nitrogens with one attached hydrogen (secondary N) is 1. The number of hydrogen-bond donors (Lipinski definition) is 1. The Morgan fingerprint density at radius 3 is 2.75 bits per heavy atom. The zero-order valence-electron chi connectivity index (χ0n) is 12.9. The molecule has 1 aliphatic heterocycles. The summed E-state index contributed by atoms with van der Waals surface area (Å²) in [5.41, 5.74) is 0.905. The molecule has 1 aliphatic rings. The molecule has 0 aliphatic carbocycles. The molecule has 2 aromatic rings. The fourth-order valence-corrected chi connectivity index (χ4v) is 2.96. The maximum absolute atomic E-state index is 12.0. The first kappa shape index (κ1) is 16.9. The third kappa shape index (κ3) is 4.34. The van der Waals surface area contributed by atoms with Gasteiger partial charge in [-0.25, -0.2) is 0 Å². The molecule has 6 heteroatoms. The topological polar surface area (TPSA) is 47.6 Å². The summed E-state index contributed by atoms with van der Waals surface area (Å²) in [6.07, 6.45) is 0.723.